The van der Waals surface area contributed by atoms with E-state index in [0.29, 0.717) is 13.0 Å². The minimum atomic E-state index is -0.486. The average Bonchev–Trinajstić information content (AvgIpc) is 3.24. The lowest BCUT2D eigenvalue weighted by molar-refractivity contribution is -0.152. The fourth-order valence-electron chi connectivity index (χ4n) is 6.21. The van der Waals surface area contributed by atoms with Gasteiger partial charge >= 0.3 is 0 Å². The van der Waals surface area contributed by atoms with Gasteiger partial charge in [0, 0.05) is 30.8 Å². The normalized spacial score (nSPS) is 20.3. The van der Waals surface area contributed by atoms with Crippen molar-refractivity contribution < 1.29 is 9.59 Å². The number of unbranched alkanes of at least 4 members (excludes halogenated alkanes) is 1. The zero-order valence-electron chi connectivity index (χ0n) is 23.9. The Morgan fingerprint density at radius 3 is 2.25 bits per heavy atom. The van der Waals surface area contributed by atoms with Gasteiger partial charge in [-0.05, 0) is 69.8 Å². The molecule has 7 nitrogen and oxygen atoms in total. The van der Waals surface area contributed by atoms with Crippen LogP contribution in [0.1, 0.15) is 55.1 Å². The highest BCUT2D eigenvalue weighted by molar-refractivity contribution is 5.97. The number of hydrogen-bond acceptors (Lipinski definition) is 4. The number of halogens is 1. The lowest BCUT2D eigenvalue weighted by Crippen LogP contribution is -2.66. The first-order valence-corrected chi connectivity index (χ1v) is 14.4. The second-order valence-electron chi connectivity index (χ2n) is 11.1. The number of nitrogens with zero attached hydrogens (tertiary/aromatic N) is 4. The van der Waals surface area contributed by atoms with Crippen LogP contribution in [0.2, 0.25) is 0 Å². The van der Waals surface area contributed by atoms with Crippen LogP contribution < -0.4 is 5.32 Å². The zero-order chi connectivity index (χ0) is 27.4. The number of aryl methyl sites for hydroxylation is 1. The summed E-state index contributed by atoms with van der Waals surface area (Å²) in [5.41, 5.74) is 5.66. The Kier molecular flexibility index (Phi) is 10.0. The van der Waals surface area contributed by atoms with Gasteiger partial charge in [0.1, 0.15) is 12.1 Å². The number of nitrogens with one attached hydrogen (secondary N) is 1. The van der Waals surface area contributed by atoms with Crippen LogP contribution in [0.4, 0.5) is 0 Å². The summed E-state index contributed by atoms with van der Waals surface area (Å²) in [6.07, 6.45) is 4.25. The number of benzene rings is 2. The number of piperazine rings is 1. The largest absolute Gasteiger partial charge is 0.342 e. The molecule has 8 heteroatoms. The van der Waals surface area contributed by atoms with Crippen molar-refractivity contribution in [1.29, 1.82) is 0 Å². The first-order chi connectivity index (χ1) is 19.0. The van der Waals surface area contributed by atoms with Crippen molar-refractivity contribution in [3.05, 3.63) is 83.2 Å². The summed E-state index contributed by atoms with van der Waals surface area (Å²) in [6, 6.07) is 19.4. The van der Waals surface area contributed by atoms with Crippen molar-refractivity contribution in [2.45, 2.75) is 71.5 Å². The Morgan fingerprint density at radius 2 is 1.60 bits per heavy atom. The summed E-state index contributed by atoms with van der Waals surface area (Å²) in [5, 5.41) is 7.92. The van der Waals surface area contributed by atoms with Crippen molar-refractivity contribution in [1.82, 2.24) is 24.9 Å². The van der Waals surface area contributed by atoms with E-state index in [9.17, 15) is 9.59 Å². The molecule has 1 aromatic heterocycles. The molecule has 2 amide bonds. The van der Waals surface area contributed by atoms with Gasteiger partial charge in [0.2, 0.25) is 11.8 Å². The Morgan fingerprint density at radius 1 is 0.950 bits per heavy atom. The van der Waals surface area contributed by atoms with Gasteiger partial charge in [-0.1, -0.05) is 61.9 Å². The maximum absolute atomic E-state index is 13.6. The number of hydrogen-bond donors (Lipinski definition) is 1. The molecule has 2 saturated heterocycles. The van der Waals surface area contributed by atoms with Gasteiger partial charge in [-0.3, -0.25) is 14.5 Å². The molecule has 0 bridgehead atoms. The number of aromatic nitrogens is 2. The van der Waals surface area contributed by atoms with Crippen LogP contribution in [-0.4, -0.2) is 63.1 Å². The van der Waals surface area contributed by atoms with E-state index in [0.717, 1.165) is 62.3 Å². The highest BCUT2D eigenvalue weighted by Crippen LogP contribution is 2.30. The summed E-state index contributed by atoms with van der Waals surface area (Å²) >= 11 is 0. The molecule has 0 aliphatic carbocycles. The molecular formula is C32H42ClN5O2. The van der Waals surface area contributed by atoms with Gasteiger partial charge < -0.3 is 10.2 Å². The van der Waals surface area contributed by atoms with E-state index in [1.165, 1.54) is 11.3 Å². The highest BCUT2D eigenvalue weighted by Gasteiger charge is 2.44. The smallest absolute Gasteiger partial charge is 0.246 e. The lowest BCUT2D eigenvalue weighted by atomic mass is 9.85. The number of likely N-dealkylation sites (tertiary alicyclic amines) is 1. The topological polar surface area (TPSA) is 70.5 Å². The Bertz CT molecular complexity index is 1270. The average molecular weight is 564 g/mol. The van der Waals surface area contributed by atoms with Crippen LogP contribution in [-0.2, 0) is 22.6 Å². The molecule has 2 fully saturated rings. The van der Waals surface area contributed by atoms with E-state index in [1.54, 1.807) is 0 Å². The highest BCUT2D eigenvalue weighted by atomic mass is 35.5. The van der Waals surface area contributed by atoms with E-state index >= 15 is 0 Å². The molecule has 0 radical (unpaired) electrons. The number of carbonyl (C=O) groups excluding carboxylic acids is 2. The number of rotatable bonds is 9. The van der Waals surface area contributed by atoms with Crippen LogP contribution in [0.3, 0.4) is 0 Å². The molecule has 0 unspecified atom stereocenters. The van der Waals surface area contributed by atoms with Crippen molar-refractivity contribution in [3.8, 4) is 5.69 Å². The Balaban J connectivity index is 0.00000370. The molecule has 1 N–H and O–H groups in total. The first-order valence-electron chi connectivity index (χ1n) is 14.4. The Labute approximate surface area is 244 Å². The van der Waals surface area contributed by atoms with E-state index < -0.39 is 6.04 Å². The fraction of sp³-hybridized carbons (Fsp3) is 0.469. The van der Waals surface area contributed by atoms with Crippen LogP contribution in [0.25, 0.3) is 5.69 Å². The van der Waals surface area contributed by atoms with Crippen molar-refractivity contribution in [3.63, 3.8) is 0 Å². The third-order valence-electron chi connectivity index (χ3n) is 8.44. The lowest BCUT2D eigenvalue weighted by Gasteiger charge is -2.45. The van der Waals surface area contributed by atoms with Crippen molar-refractivity contribution >= 4 is 24.2 Å². The standard InChI is InChI=1S/C32H41N5O2.ClH/c1-4-5-18-36-30(31(38)33-29(32(36)39)21-25-12-8-6-9-13-25)26-16-19-35(20-17-26)22-28-23(2)34-37(24(28)3)27-14-10-7-11-15-27;/h6-15,26,29-30H,4-5,16-22H2,1-3H3,(H,33,38);1H/t29-,30-;/m0./s1. The quantitative estimate of drug-likeness (QED) is 0.403. The van der Waals surface area contributed by atoms with E-state index in [4.69, 9.17) is 5.10 Å². The molecule has 2 aliphatic heterocycles. The Hall–Kier alpha value is -3.16. The molecule has 2 aromatic carbocycles. The van der Waals surface area contributed by atoms with E-state index in [2.05, 4.69) is 43.1 Å². The van der Waals surface area contributed by atoms with Gasteiger partial charge in [-0.15, -0.1) is 12.4 Å². The maximum atomic E-state index is 13.6. The molecule has 2 aliphatic rings. The van der Waals surface area contributed by atoms with Gasteiger partial charge in [0.05, 0.1) is 11.4 Å². The minimum Gasteiger partial charge on any atom is -0.342 e. The molecule has 3 heterocycles. The number of piperidine rings is 1. The monoisotopic (exact) mass is 563 g/mol. The van der Waals surface area contributed by atoms with Crippen molar-refractivity contribution in [2.24, 2.45) is 5.92 Å². The predicted molar refractivity (Wildman–Crippen MR) is 161 cm³/mol. The van der Waals surface area contributed by atoms with E-state index in [1.807, 2.05) is 58.1 Å². The van der Waals surface area contributed by atoms with Crippen LogP contribution >= 0.6 is 12.4 Å². The third kappa shape index (κ3) is 6.42. The zero-order valence-corrected chi connectivity index (χ0v) is 24.7. The second kappa shape index (κ2) is 13.5. The maximum Gasteiger partial charge on any atom is 0.246 e. The van der Waals surface area contributed by atoms with Gasteiger partial charge in [-0.25, -0.2) is 4.68 Å². The minimum absolute atomic E-state index is 0. The molecule has 0 spiro atoms. The molecule has 3 aromatic rings. The van der Waals surface area contributed by atoms with Gasteiger partial charge in [0.25, 0.3) is 0 Å². The second-order valence-corrected chi connectivity index (χ2v) is 11.1. The SMILES string of the molecule is CCCCN1C(=O)[C@H](Cc2ccccc2)NC(=O)[C@@H]1C1CCN(Cc2c(C)nn(-c3ccccc3)c2C)CC1.Cl. The molecule has 0 saturated carbocycles. The number of carbonyl (C=O) groups is 2. The van der Waals surface area contributed by atoms with Crippen molar-refractivity contribution in [2.75, 3.05) is 19.6 Å². The summed E-state index contributed by atoms with van der Waals surface area (Å²) in [7, 11) is 0. The van der Waals surface area contributed by atoms with Crippen LogP contribution in [0.15, 0.2) is 60.7 Å². The number of amides is 2. The summed E-state index contributed by atoms with van der Waals surface area (Å²) in [5.74, 6) is 0.258. The van der Waals surface area contributed by atoms with Crippen LogP contribution in [0.5, 0.6) is 0 Å². The molecule has 214 valence electrons. The van der Waals surface area contributed by atoms with Gasteiger partial charge in [0.15, 0.2) is 0 Å². The fourth-order valence-corrected chi connectivity index (χ4v) is 6.21. The number of para-hydroxylation sites is 1. The molecule has 2 atom stereocenters. The molecule has 40 heavy (non-hydrogen) atoms. The summed E-state index contributed by atoms with van der Waals surface area (Å²) in [4.78, 5) is 31.5. The van der Waals surface area contributed by atoms with Gasteiger partial charge in [-0.2, -0.15) is 5.10 Å². The van der Waals surface area contributed by atoms with Crippen LogP contribution in [0, 0.1) is 19.8 Å². The third-order valence-corrected chi connectivity index (χ3v) is 8.44. The summed E-state index contributed by atoms with van der Waals surface area (Å²) in [6.45, 7) is 9.68. The molecule has 5 rings (SSSR count). The summed E-state index contributed by atoms with van der Waals surface area (Å²) < 4.78 is 2.03. The predicted octanol–water partition coefficient (Wildman–Crippen LogP) is 4.86. The first kappa shape index (κ1) is 29.8. The van der Waals surface area contributed by atoms with E-state index in [-0.39, 0.29) is 36.2 Å². The molecular weight excluding hydrogens is 522 g/mol.